The third-order valence-electron chi connectivity index (χ3n) is 4.85. The number of hydrogen-bond donors (Lipinski definition) is 0. The van der Waals surface area contributed by atoms with Crippen molar-refractivity contribution in [2.24, 2.45) is 0 Å². The molecule has 150 valence electrons. The molecule has 29 heavy (non-hydrogen) atoms. The van der Waals surface area contributed by atoms with E-state index >= 15 is 0 Å². The number of halogens is 1. The Morgan fingerprint density at radius 3 is 2.79 bits per heavy atom. The molecule has 0 spiro atoms. The molecule has 0 bridgehead atoms. The van der Waals surface area contributed by atoms with Gasteiger partial charge in [0.25, 0.3) is 0 Å². The van der Waals surface area contributed by atoms with Crippen LogP contribution in [-0.4, -0.2) is 23.8 Å². The molecule has 0 N–H and O–H groups in total. The van der Waals surface area contributed by atoms with E-state index in [2.05, 4.69) is 0 Å². The molecular formula is C22H20FNO5. The molecule has 1 aliphatic rings. The van der Waals surface area contributed by atoms with Crippen molar-refractivity contribution in [3.8, 4) is 11.5 Å². The van der Waals surface area contributed by atoms with Crippen molar-refractivity contribution in [3.05, 3.63) is 69.8 Å². The largest absolute Gasteiger partial charge is 0.485 e. The number of esters is 1. The minimum Gasteiger partial charge on any atom is -0.485 e. The fourth-order valence-electron chi connectivity index (χ4n) is 3.42. The van der Waals surface area contributed by atoms with Crippen LogP contribution in [0.3, 0.4) is 0 Å². The zero-order chi connectivity index (χ0) is 20.5. The summed E-state index contributed by atoms with van der Waals surface area (Å²) in [7, 11) is 0. The number of nitrogens with zero attached hydrogens (tertiary/aromatic N) is 1. The summed E-state index contributed by atoms with van der Waals surface area (Å²) in [5.41, 5.74) is 0.559. The van der Waals surface area contributed by atoms with Gasteiger partial charge in [-0.25, -0.2) is 9.18 Å². The first-order chi connectivity index (χ1) is 14.0. The van der Waals surface area contributed by atoms with E-state index in [1.165, 1.54) is 6.20 Å². The average Bonchev–Trinajstić information content (AvgIpc) is 2.72. The molecule has 1 atom stereocenters. The smallest absolute Gasteiger partial charge is 0.343 e. The van der Waals surface area contributed by atoms with Gasteiger partial charge in [-0.15, -0.1) is 0 Å². The molecule has 0 amide bonds. The third kappa shape index (κ3) is 3.33. The number of rotatable bonds is 5. The first-order valence-corrected chi connectivity index (χ1v) is 9.39. The SMILES string of the molecule is CCOC(=O)c1cn2c3c(c(OCc4ccccc4)c(F)cc3c1=O)OC[C@@H]2C. The molecular weight excluding hydrogens is 377 g/mol. The number of benzene rings is 2. The second kappa shape index (κ2) is 7.58. The van der Waals surface area contributed by atoms with Crippen molar-refractivity contribution in [2.45, 2.75) is 26.5 Å². The van der Waals surface area contributed by atoms with Crippen molar-refractivity contribution < 1.29 is 23.4 Å². The Labute approximate surface area is 166 Å². The maximum atomic E-state index is 14.9. The summed E-state index contributed by atoms with van der Waals surface area (Å²) < 4.78 is 33.1. The van der Waals surface area contributed by atoms with Gasteiger partial charge in [0.15, 0.2) is 17.3 Å². The quantitative estimate of drug-likeness (QED) is 0.612. The van der Waals surface area contributed by atoms with Crippen LogP contribution < -0.4 is 14.9 Å². The van der Waals surface area contributed by atoms with E-state index in [1.54, 1.807) is 11.5 Å². The van der Waals surface area contributed by atoms with Crippen LogP contribution >= 0.6 is 0 Å². The number of carbonyl (C=O) groups is 1. The summed E-state index contributed by atoms with van der Waals surface area (Å²) in [6.07, 6.45) is 1.46. The van der Waals surface area contributed by atoms with Crippen LogP contribution in [0, 0.1) is 5.82 Å². The number of carbonyl (C=O) groups excluding carboxylic acids is 1. The van der Waals surface area contributed by atoms with Gasteiger partial charge in [0.1, 0.15) is 18.8 Å². The van der Waals surface area contributed by atoms with E-state index in [4.69, 9.17) is 14.2 Å². The summed E-state index contributed by atoms with van der Waals surface area (Å²) in [4.78, 5) is 25.1. The average molecular weight is 397 g/mol. The molecule has 0 unspecified atom stereocenters. The predicted octanol–water partition coefficient (Wildman–Crippen LogP) is 3.85. The Hall–Kier alpha value is -3.35. The van der Waals surface area contributed by atoms with Gasteiger partial charge in [-0.1, -0.05) is 30.3 Å². The van der Waals surface area contributed by atoms with Crippen molar-refractivity contribution in [1.82, 2.24) is 4.57 Å². The highest BCUT2D eigenvalue weighted by Gasteiger charge is 2.29. The molecule has 6 nitrogen and oxygen atoms in total. The molecule has 0 radical (unpaired) electrons. The first-order valence-electron chi connectivity index (χ1n) is 9.39. The van der Waals surface area contributed by atoms with Gasteiger partial charge in [0.2, 0.25) is 5.43 Å². The molecule has 0 saturated heterocycles. The van der Waals surface area contributed by atoms with E-state index < -0.39 is 17.2 Å². The monoisotopic (exact) mass is 397 g/mol. The highest BCUT2D eigenvalue weighted by atomic mass is 19.1. The zero-order valence-corrected chi connectivity index (χ0v) is 16.1. The fourth-order valence-corrected chi connectivity index (χ4v) is 3.42. The topological polar surface area (TPSA) is 66.8 Å². The molecule has 3 aromatic rings. The molecule has 7 heteroatoms. The number of hydrogen-bond acceptors (Lipinski definition) is 5. The van der Waals surface area contributed by atoms with E-state index in [-0.39, 0.29) is 48.3 Å². The van der Waals surface area contributed by atoms with E-state index in [1.807, 2.05) is 37.3 Å². The third-order valence-corrected chi connectivity index (χ3v) is 4.85. The lowest BCUT2D eigenvalue weighted by molar-refractivity contribution is 0.0523. The van der Waals surface area contributed by atoms with Gasteiger partial charge in [0.05, 0.1) is 23.6 Å². The molecule has 2 heterocycles. The summed E-state index contributed by atoms with van der Waals surface area (Å²) >= 11 is 0. The fraction of sp³-hybridized carbons (Fsp3) is 0.273. The van der Waals surface area contributed by atoms with Gasteiger partial charge in [-0.05, 0) is 25.5 Å². The Kier molecular flexibility index (Phi) is 4.96. The Morgan fingerprint density at radius 1 is 1.31 bits per heavy atom. The minimum atomic E-state index is -0.729. The number of pyridine rings is 1. The van der Waals surface area contributed by atoms with Crippen LogP contribution in [0.5, 0.6) is 11.5 Å². The van der Waals surface area contributed by atoms with Crippen LogP contribution in [0.1, 0.15) is 35.8 Å². The standard InChI is InChI=1S/C22H20FNO5/c1-3-27-22(26)16-10-24-13(2)11-28-21-18(24)15(19(16)25)9-17(23)20(21)29-12-14-7-5-4-6-8-14/h4-10,13H,3,11-12H2,1-2H3/t13-/m0/s1. The van der Waals surface area contributed by atoms with Crippen LogP contribution in [0.25, 0.3) is 10.9 Å². The number of ether oxygens (including phenoxy) is 3. The lowest BCUT2D eigenvalue weighted by Gasteiger charge is -2.28. The lowest BCUT2D eigenvalue weighted by atomic mass is 10.1. The molecule has 0 fully saturated rings. The predicted molar refractivity (Wildman–Crippen MR) is 105 cm³/mol. The maximum absolute atomic E-state index is 14.9. The summed E-state index contributed by atoms with van der Waals surface area (Å²) in [6, 6.07) is 10.3. The second-order valence-electron chi connectivity index (χ2n) is 6.85. The van der Waals surface area contributed by atoms with Crippen molar-refractivity contribution in [1.29, 1.82) is 0 Å². The zero-order valence-electron chi connectivity index (χ0n) is 16.1. The normalized spacial score (nSPS) is 15.1. The van der Waals surface area contributed by atoms with Crippen LogP contribution in [-0.2, 0) is 11.3 Å². The van der Waals surface area contributed by atoms with Crippen LogP contribution in [0.4, 0.5) is 4.39 Å². The van der Waals surface area contributed by atoms with Gasteiger partial charge >= 0.3 is 5.97 Å². The maximum Gasteiger partial charge on any atom is 0.343 e. The Balaban J connectivity index is 1.87. The van der Waals surface area contributed by atoms with E-state index in [0.29, 0.717) is 5.52 Å². The number of aromatic nitrogens is 1. The summed E-state index contributed by atoms with van der Waals surface area (Å²) in [5.74, 6) is -1.33. The first kappa shape index (κ1) is 19.0. The minimum absolute atomic E-state index is 0.0507. The van der Waals surface area contributed by atoms with Gasteiger partial charge in [-0.2, -0.15) is 0 Å². The van der Waals surface area contributed by atoms with Crippen molar-refractivity contribution >= 4 is 16.9 Å². The Morgan fingerprint density at radius 2 is 2.07 bits per heavy atom. The van der Waals surface area contributed by atoms with E-state index in [9.17, 15) is 14.0 Å². The molecule has 0 aliphatic carbocycles. The van der Waals surface area contributed by atoms with Gasteiger partial charge < -0.3 is 18.8 Å². The Bertz CT molecular complexity index is 1140. The van der Waals surface area contributed by atoms with Crippen LogP contribution in [0.15, 0.2) is 47.4 Å². The lowest BCUT2D eigenvalue weighted by Crippen LogP contribution is -2.27. The second-order valence-corrected chi connectivity index (χ2v) is 6.85. The molecule has 2 aromatic carbocycles. The van der Waals surface area contributed by atoms with Crippen LogP contribution in [0.2, 0.25) is 0 Å². The van der Waals surface area contributed by atoms with E-state index in [0.717, 1.165) is 11.6 Å². The summed E-state index contributed by atoms with van der Waals surface area (Å²) in [6.45, 7) is 4.08. The van der Waals surface area contributed by atoms with Gasteiger partial charge in [0, 0.05) is 6.20 Å². The molecule has 0 saturated carbocycles. The highest BCUT2D eigenvalue weighted by Crippen LogP contribution is 2.41. The molecule has 1 aliphatic heterocycles. The van der Waals surface area contributed by atoms with Gasteiger partial charge in [-0.3, -0.25) is 4.79 Å². The molecule has 1 aromatic heterocycles. The molecule has 4 rings (SSSR count). The van der Waals surface area contributed by atoms with Crippen molar-refractivity contribution in [3.63, 3.8) is 0 Å². The summed E-state index contributed by atoms with van der Waals surface area (Å²) in [5, 5.41) is 0.0571. The van der Waals surface area contributed by atoms with Crippen molar-refractivity contribution in [2.75, 3.05) is 13.2 Å². The highest BCUT2D eigenvalue weighted by molar-refractivity contribution is 5.96.